The molecule has 0 unspecified atom stereocenters. The van der Waals surface area contributed by atoms with Crippen molar-refractivity contribution in [2.75, 3.05) is 0 Å². The van der Waals surface area contributed by atoms with E-state index in [1.165, 1.54) is 17.5 Å². The summed E-state index contributed by atoms with van der Waals surface area (Å²) in [5, 5.41) is 0.699. The molecule has 0 atom stereocenters. The zero-order valence-electron chi connectivity index (χ0n) is 8.82. The van der Waals surface area contributed by atoms with Crippen LogP contribution in [0.4, 0.5) is 8.78 Å². The minimum Gasteiger partial charge on any atom is -0.243 e. The zero-order valence-corrected chi connectivity index (χ0v) is 10.4. The average Bonchev–Trinajstić information content (AvgIpc) is 2.77. The van der Waals surface area contributed by atoms with Crippen LogP contribution in [-0.2, 0) is 0 Å². The molecule has 1 aromatic carbocycles. The number of fused-ring (bicyclic) bond motifs is 1. The third-order valence-corrected chi connectivity index (χ3v) is 3.93. The molecule has 0 aliphatic rings. The molecule has 0 aliphatic carbocycles. The van der Waals surface area contributed by atoms with Gasteiger partial charge < -0.3 is 0 Å². The fourth-order valence-corrected chi connectivity index (χ4v) is 2.83. The predicted molar refractivity (Wildman–Crippen MR) is 67.8 cm³/mol. The van der Waals surface area contributed by atoms with E-state index in [-0.39, 0.29) is 5.56 Å². The van der Waals surface area contributed by atoms with Crippen LogP contribution in [0.2, 0.25) is 5.15 Å². The summed E-state index contributed by atoms with van der Waals surface area (Å²) in [6.07, 6.45) is 1.52. The summed E-state index contributed by atoms with van der Waals surface area (Å²) in [6, 6.07) is 4.95. The van der Waals surface area contributed by atoms with Crippen LogP contribution in [0.15, 0.2) is 30.5 Å². The van der Waals surface area contributed by atoms with E-state index in [0.29, 0.717) is 20.4 Å². The van der Waals surface area contributed by atoms with Gasteiger partial charge in [0.15, 0.2) is 0 Å². The molecule has 0 fully saturated rings. The quantitative estimate of drug-likeness (QED) is 0.622. The lowest BCUT2D eigenvalue weighted by atomic mass is 10.2. The molecule has 0 aliphatic heterocycles. The largest absolute Gasteiger partial charge is 0.243 e. The Morgan fingerprint density at radius 3 is 2.78 bits per heavy atom. The maximum atomic E-state index is 13.6. The van der Waals surface area contributed by atoms with E-state index in [2.05, 4.69) is 9.97 Å². The summed E-state index contributed by atoms with van der Waals surface area (Å²) < 4.78 is 27.4. The highest BCUT2D eigenvalue weighted by atomic mass is 35.5. The van der Waals surface area contributed by atoms with Crippen molar-refractivity contribution in [1.29, 1.82) is 0 Å². The van der Waals surface area contributed by atoms with Crippen LogP contribution in [0, 0.1) is 11.6 Å². The maximum Gasteiger partial charge on any atom is 0.148 e. The van der Waals surface area contributed by atoms with Gasteiger partial charge in [-0.3, -0.25) is 0 Å². The van der Waals surface area contributed by atoms with Crippen molar-refractivity contribution in [1.82, 2.24) is 9.97 Å². The van der Waals surface area contributed by atoms with Gasteiger partial charge in [-0.15, -0.1) is 11.3 Å². The molecular formula is C12H5ClF2N2S. The average molecular weight is 283 g/mol. The fraction of sp³-hybridized carbons (Fsp3) is 0. The van der Waals surface area contributed by atoms with Crippen LogP contribution in [0.1, 0.15) is 0 Å². The number of rotatable bonds is 1. The molecule has 0 spiro atoms. The Hall–Kier alpha value is -1.59. The number of hydrogen-bond donors (Lipinski definition) is 0. The Bertz CT molecular complexity index is 742. The van der Waals surface area contributed by atoms with Crippen LogP contribution < -0.4 is 0 Å². The van der Waals surface area contributed by atoms with Crippen LogP contribution in [-0.4, -0.2) is 9.97 Å². The van der Waals surface area contributed by atoms with Crippen LogP contribution in [0.3, 0.4) is 0 Å². The van der Waals surface area contributed by atoms with Crippen LogP contribution in [0.5, 0.6) is 0 Å². The molecule has 0 saturated carbocycles. The van der Waals surface area contributed by atoms with Crippen LogP contribution in [0.25, 0.3) is 20.8 Å². The zero-order chi connectivity index (χ0) is 12.7. The molecule has 0 saturated heterocycles. The molecule has 0 amide bonds. The topological polar surface area (TPSA) is 25.8 Å². The van der Waals surface area contributed by atoms with Gasteiger partial charge in [0.2, 0.25) is 0 Å². The number of nitrogens with zero attached hydrogens (tertiary/aromatic N) is 2. The van der Waals surface area contributed by atoms with Crippen LogP contribution >= 0.6 is 22.9 Å². The van der Waals surface area contributed by atoms with Gasteiger partial charge in [-0.1, -0.05) is 11.6 Å². The molecule has 2 nitrogen and oxygen atoms in total. The first-order valence-electron chi connectivity index (χ1n) is 5.01. The van der Waals surface area contributed by atoms with Crippen molar-refractivity contribution < 1.29 is 8.78 Å². The molecule has 90 valence electrons. The Morgan fingerprint density at radius 2 is 2.00 bits per heavy atom. The van der Waals surface area contributed by atoms with E-state index in [0.717, 1.165) is 18.2 Å². The lowest BCUT2D eigenvalue weighted by molar-refractivity contribution is 0.603. The van der Waals surface area contributed by atoms with E-state index in [9.17, 15) is 8.78 Å². The first kappa shape index (κ1) is 11.5. The molecule has 2 aromatic heterocycles. The van der Waals surface area contributed by atoms with Crippen molar-refractivity contribution in [3.63, 3.8) is 0 Å². The molecule has 0 N–H and O–H groups in total. The second kappa shape index (κ2) is 4.26. The highest BCUT2D eigenvalue weighted by Gasteiger charge is 2.13. The minimum atomic E-state index is -0.514. The van der Waals surface area contributed by atoms with Crippen molar-refractivity contribution in [3.8, 4) is 10.6 Å². The monoisotopic (exact) mass is 282 g/mol. The Kier molecular flexibility index (Phi) is 2.72. The lowest BCUT2D eigenvalue weighted by Gasteiger charge is -1.98. The van der Waals surface area contributed by atoms with Crippen molar-refractivity contribution >= 4 is 33.2 Å². The fourth-order valence-electron chi connectivity index (χ4n) is 1.60. The number of thiazole rings is 1. The van der Waals surface area contributed by atoms with Gasteiger partial charge in [-0.05, 0) is 24.3 Å². The van der Waals surface area contributed by atoms with E-state index in [1.807, 2.05) is 0 Å². The number of benzene rings is 1. The highest BCUT2D eigenvalue weighted by molar-refractivity contribution is 7.22. The number of aromatic nitrogens is 2. The molecule has 0 radical (unpaired) electrons. The molecule has 0 bridgehead atoms. The second-order valence-electron chi connectivity index (χ2n) is 3.59. The van der Waals surface area contributed by atoms with Gasteiger partial charge in [0.25, 0.3) is 0 Å². The molecule has 3 aromatic rings. The summed E-state index contributed by atoms with van der Waals surface area (Å²) in [5.41, 5.74) is 0.755. The molecular weight excluding hydrogens is 278 g/mol. The first-order valence-corrected chi connectivity index (χ1v) is 6.21. The third kappa shape index (κ3) is 1.85. The molecule has 6 heteroatoms. The third-order valence-electron chi connectivity index (χ3n) is 2.42. The number of hydrogen-bond acceptors (Lipinski definition) is 3. The Balaban J connectivity index is 2.26. The summed E-state index contributed by atoms with van der Waals surface area (Å²) in [6.45, 7) is 0. The van der Waals surface area contributed by atoms with Crippen molar-refractivity contribution in [2.24, 2.45) is 0 Å². The van der Waals surface area contributed by atoms with Gasteiger partial charge in [0.05, 0.1) is 10.2 Å². The Morgan fingerprint density at radius 1 is 1.17 bits per heavy atom. The standard InChI is InChI=1S/C12H5ClF2N2S/c13-11-10-9(3-4-16-11)17-12(18-10)7-5-6(14)1-2-8(7)15/h1-5H. The van der Waals surface area contributed by atoms with Gasteiger partial charge >= 0.3 is 0 Å². The number of pyridine rings is 1. The first-order chi connectivity index (χ1) is 8.65. The van der Waals surface area contributed by atoms with Gasteiger partial charge in [0, 0.05) is 11.8 Å². The maximum absolute atomic E-state index is 13.6. The van der Waals surface area contributed by atoms with Gasteiger partial charge in [-0.2, -0.15) is 0 Å². The SMILES string of the molecule is Fc1ccc(F)c(-c2nc3ccnc(Cl)c3s2)c1. The van der Waals surface area contributed by atoms with Crippen molar-refractivity contribution in [2.45, 2.75) is 0 Å². The minimum absolute atomic E-state index is 0.132. The van der Waals surface area contributed by atoms with Crippen molar-refractivity contribution in [3.05, 3.63) is 47.2 Å². The Labute approximate surface area is 110 Å². The van der Waals surface area contributed by atoms with Gasteiger partial charge in [-0.25, -0.2) is 18.7 Å². The van der Waals surface area contributed by atoms with E-state index in [4.69, 9.17) is 11.6 Å². The summed E-state index contributed by atoms with van der Waals surface area (Å²) >= 11 is 7.11. The number of halogens is 3. The molecule has 18 heavy (non-hydrogen) atoms. The molecule has 3 rings (SSSR count). The predicted octanol–water partition coefficient (Wildman–Crippen LogP) is 4.29. The van der Waals surface area contributed by atoms with E-state index >= 15 is 0 Å². The van der Waals surface area contributed by atoms with E-state index in [1.54, 1.807) is 6.07 Å². The summed E-state index contributed by atoms with van der Waals surface area (Å²) in [5.74, 6) is -1.02. The summed E-state index contributed by atoms with van der Waals surface area (Å²) in [7, 11) is 0. The highest BCUT2D eigenvalue weighted by Crippen LogP contribution is 2.34. The smallest absolute Gasteiger partial charge is 0.148 e. The van der Waals surface area contributed by atoms with Gasteiger partial charge in [0.1, 0.15) is 21.8 Å². The van der Waals surface area contributed by atoms with E-state index < -0.39 is 11.6 Å². The lowest BCUT2D eigenvalue weighted by Crippen LogP contribution is -1.85. The molecule has 2 heterocycles. The summed E-state index contributed by atoms with van der Waals surface area (Å²) in [4.78, 5) is 8.16. The normalized spacial score (nSPS) is 11.1. The second-order valence-corrected chi connectivity index (χ2v) is 4.95.